The van der Waals surface area contributed by atoms with Crippen molar-refractivity contribution < 1.29 is 19.7 Å². The van der Waals surface area contributed by atoms with Crippen LogP contribution in [0.3, 0.4) is 0 Å². The number of carboxylic acid groups (broad SMARTS) is 1. The van der Waals surface area contributed by atoms with E-state index in [0.29, 0.717) is 21.9 Å². The number of nitrogens with zero attached hydrogens (tertiary/aromatic N) is 1. The Balaban J connectivity index is 2.43. The minimum Gasteiger partial charge on any atom is -0.495 e. The van der Waals surface area contributed by atoms with Gasteiger partial charge in [-0.15, -0.1) is 0 Å². The number of hydrogen-bond acceptors (Lipinski definition) is 4. The maximum atomic E-state index is 13.0. The van der Waals surface area contributed by atoms with E-state index in [0.717, 1.165) is 0 Å². The van der Waals surface area contributed by atoms with Crippen molar-refractivity contribution in [3.05, 3.63) is 73.5 Å². The molecule has 0 aliphatic heterocycles. The number of ether oxygens (including phenoxy) is 1. The quantitative estimate of drug-likeness (QED) is 0.634. The Morgan fingerprint density at radius 1 is 1.18 bits per heavy atom. The highest BCUT2D eigenvalue weighted by Crippen LogP contribution is 2.31. The number of pyridine rings is 1. The van der Waals surface area contributed by atoms with Gasteiger partial charge < -0.3 is 19.5 Å². The van der Waals surface area contributed by atoms with Gasteiger partial charge in [0.05, 0.1) is 34.7 Å². The topological polar surface area (TPSA) is 88.8 Å². The molecule has 3 aromatic rings. The summed E-state index contributed by atoms with van der Waals surface area (Å²) < 4.78 is 6.98. The molecule has 1 heterocycles. The van der Waals surface area contributed by atoms with Gasteiger partial charge in [-0.05, 0) is 23.8 Å². The van der Waals surface area contributed by atoms with E-state index in [2.05, 4.69) is 0 Å². The Morgan fingerprint density at radius 2 is 1.89 bits per heavy atom. The molecule has 0 radical (unpaired) electrons. The van der Waals surface area contributed by atoms with Crippen molar-refractivity contribution in [2.75, 3.05) is 13.7 Å². The van der Waals surface area contributed by atoms with E-state index in [4.69, 9.17) is 27.9 Å². The minimum atomic E-state index is -1.35. The fourth-order valence-electron chi connectivity index (χ4n) is 3.30. The summed E-state index contributed by atoms with van der Waals surface area (Å²) in [6, 6.07) is 9.85. The number of aliphatic hydroxyl groups excluding tert-OH is 1. The van der Waals surface area contributed by atoms with Crippen molar-refractivity contribution in [3.63, 3.8) is 0 Å². The SMILES string of the molecule is COc1cccc2c(=O)c(C(=O)O)c(Cc3cccc(Cl)c3Cl)n(CCO)c12. The van der Waals surface area contributed by atoms with E-state index in [1.807, 2.05) is 0 Å². The summed E-state index contributed by atoms with van der Waals surface area (Å²) in [7, 11) is 1.46. The molecule has 2 N–H and O–H groups in total. The standard InChI is InChI=1S/C20H17Cl2NO5/c1-28-15-7-3-5-12-18(15)23(8-9-24)14(16(19(12)25)20(26)27)10-11-4-2-6-13(21)17(11)22/h2-7,24H,8-10H2,1H3,(H,26,27). The third kappa shape index (κ3) is 3.46. The lowest BCUT2D eigenvalue weighted by Crippen LogP contribution is -2.26. The highest BCUT2D eigenvalue weighted by molar-refractivity contribution is 6.42. The maximum Gasteiger partial charge on any atom is 0.341 e. The smallest absolute Gasteiger partial charge is 0.341 e. The number of carboxylic acids is 1. The number of methoxy groups -OCH3 is 1. The van der Waals surface area contributed by atoms with Crippen LogP contribution in [0.5, 0.6) is 5.75 Å². The molecule has 2 aromatic carbocycles. The zero-order chi connectivity index (χ0) is 20.4. The summed E-state index contributed by atoms with van der Waals surface area (Å²) in [5.41, 5.74) is 0.209. The number of aliphatic hydroxyl groups is 1. The van der Waals surface area contributed by atoms with Gasteiger partial charge in [0, 0.05) is 18.7 Å². The Hall–Kier alpha value is -2.54. The van der Waals surface area contributed by atoms with Gasteiger partial charge in [0.15, 0.2) is 0 Å². The molecule has 0 fully saturated rings. The predicted molar refractivity (Wildman–Crippen MR) is 108 cm³/mol. The summed E-state index contributed by atoms with van der Waals surface area (Å²) in [5.74, 6) is -0.951. The number of fused-ring (bicyclic) bond motifs is 1. The van der Waals surface area contributed by atoms with Crippen molar-refractivity contribution in [1.82, 2.24) is 4.57 Å². The van der Waals surface area contributed by atoms with Gasteiger partial charge in [-0.2, -0.15) is 0 Å². The molecule has 28 heavy (non-hydrogen) atoms. The molecule has 0 bridgehead atoms. The van der Waals surface area contributed by atoms with Gasteiger partial charge in [0.1, 0.15) is 11.3 Å². The van der Waals surface area contributed by atoms with Crippen LogP contribution in [0, 0.1) is 0 Å². The third-order valence-electron chi connectivity index (χ3n) is 4.50. The van der Waals surface area contributed by atoms with E-state index >= 15 is 0 Å². The van der Waals surface area contributed by atoms with Gasteiger partial charge in [0.2, 0.25) is 5.43 Å². The molecule has 6 nitrogen and oxygen atoms in total. The predicted octanol–water partition coefficient (Wildman–Crippen LogP) is 3.60. The molecule has 0 unspecified atom stereocenters. The average Bonchev–Trinajstić information content (AvgIpc) is 2.67. The van der Waals surface area contributed by atoms with Crippen LogP contribution in [0.25, 0.3) is 10.9 Å². The second-order valence-corrected chi connectivity index (χ2v) is 6.86. The summed E-state index contributed by atoms with van der Waals surface area (Å²) in [5, 5.41) is 20.2. The number of para-hydroxylation sites is 1. The summed E-state index contributed by atoms with van der Waals surface area (Å²) in [4.78, 5) is 25.0. The molecule has 146 valence electrons. The Labute approximate surface area is 170 Å². The zero-order valence-electron chi connectivity index (χ0n) is 14.9. The Kier molecular flexibility index (Phi) is 5.93. The number of benzene rings is 2. The van der Waals surface area contributed by atoms with Crippen molar-refractivity contribution in [2.24, 2.45) is 0 Å². The van der Waals surface area contributed by atoms with Crippen LogP contribution < -0.4 is 10.2 Å². The molecule has 0 amide bonds. The lowest BCUT2D eigenvalue weighted by atomic mass is 10.0. The van der Waals surface area contributed by atoms with E-state index in [1.165, 1.54) is 13.2 Å². The van der Waals surface area contributed by atoms with Crippen LogP contribution in [0.2, 0.25) is 10.0 Å². The fraction of sp³-hybridized carbons (Fsp3) is 0.200. The summed E-state index contributed by atoms with van der Waals surface area (Å²) >= 11 is 12.4. The average molecular weight is 422 g/mol. The van der Waals surface area contributed by atoms with Crippen molar-refractivity contribution in [3.8, 4) is 5.75 Å². The monoisotopic (exact) mass is 421 g/mol. The number of aromatic carboxylic acids is 1. The molecule has 1 aromatic heterocycles. The van der Waals surface area contributed by atoms with Crippen LogP contribution in [-0.4, -0.2) is 34.5 Å². The van der Waals surface area contributed by atoms with Crippen molar-refractivity contribution in [2.45, 2.75) is 13.0 Å². The molecule has 8 heteroatoms. The lowest BCUT2D eigenvalue weighted by Gasteiger charge is -2.20. The highest BCUT2D eigenvalue weighted by atomic mass is 35.5. The normalized spacial score (nSPS) is 11.0. The number of carbonyl (C=O) groups is 1. The van der Waals surface area contributed by atoms with Crippen LogP contribution in [0.15, 0.2) is 41.2 Å². The number of halogens is 2. The van der Waals surface area contributed by atoms with Gasteiger partial charge in [-0.3, -0.25) is 4.79 Å². The van der Waals surface area contributed by atoms with Gasteiger partial charge in [-0.1, -0.05) is 41.4 Å². The van der Waals surface area contributed by atoms with Crippen molar-refractivity contribution >= 4 is 40.1 Å². The van der Waals surface area contributed by atoms with Gasteiger partial charge >= 0.3 is 5.97 Å². The first-order valence-corrected chi connectivity index (χ1v) is 9.15. The third-order valence-corrected chi connectivity index (χ3v) is 5.36. The zero-order valence-corrected chi connectivity index (χ0v) is 16.4. The fourth-order valence-corrected chi connectivity index (χ4v) is 3.69. The van der Waals surface area contributed by atoms with Crippen molar-refractivity contribution in [1.29, 1.82) is 0 Å². The van der Waals surface area contributed by atoms with E-state index in [-0.39, 0.29) is 41.2 Å². The molecular weight excluding hydrogens is 405 g/mol. The second kappa shape index (κ2) is 8.22. The second-order valence-electron chi connectivity index (χ2n) is 6.08. The largest absolute Gasteiger partial charge is 0.495 e. The van der Waals surface area contributed by atoms with Gasteiger partial charge in [0.25, 0.3) is 0 Å². The first-order chi connectivity index (χ1) is 13.4. The Bertz CT molecular complexity index is 1120. The van der Waals surface area contributed by atoms with Gasteiger partial charge in [-0.25, -0.2) is 4.79 Å². The lowest BCUT2D eigenvalue weighted by molar-refractivity contribution is 0.0693. The molecular formula is C20H17Cl2NO5. The first-order valence-electron chi connectivity index (χ1n) is 8.40. The number of rotatable bonds is 6. The van der Waals surface area contributed by atoms with Crippen LogP contribution in [0.4, 0.5) is 0 Å². The highest BCUT2D eigenvalue weighted by Gasteiger charge is 2.24. The molecule has 0 atom stereocenters. The van der Waals surface area contributed by atoms with Crippen LogP contribution >= 0.6 is 23.2 Å². The van der Waals surface area contributed by atoms with Crippen LogP contribution in [-0.2, 0) is 13.0 Å². The Morgan fingerprint density at radius 3 is 2.54 bits per heavy atom. The maximum absolute atomic E-state index is 13.0. The molecule has 0 saturated heterocycles. The van der Waals surface area contributed by atoms with Crippen LogP contribution in [0.1, 0.15) is 21.6 Å². The van der Waals surface area contributed by atoms with E-state index in [9.17, 15) is 19.8 Å². The summed E-state index contributed by atoms with van der Waals surface area (Å²) in [6.45, 7) is -0.184. The number of aromatic nitrogens is 1. The molecule has 0 aliphatic rings. The summed E-state index contributed by atoms with van der Waals surface area (Å²) in [6.07, 6.45) is 0.0459. The van der Waals surface area contributed by atoms with E-state index < -0.39 is 11.4 Å². The molecule has 0 aliphatic carbocycles. The van der Waals surface area contributed by atoms with E-state index in [1.54, 1.807) is 34.9 Å². The molecule has 0 saturated carbocycles. The number of hydrogen-bond donors (Lipinski definition) is 2. The molecule has 3 rings (SSSR count). The molecule has 0 spiro atoms. The minimum absolute atomic E-state index is 0.0459. The first kappa shape index (κ1) is 20.2.